The summed E-state index contributed by atoms with van der Waals surface area (Å²) in [6.07, 6.45) is 3.19. The van der Waals surface area contributed by atoms with Gasteiger partial charge in [-0.1, -0.05) is 11.6 Å². The largest absolute Gasteiger partial charge is 0.507 e. The van der Waals surface area contributed by atoms with Crippen LogP contribution in [0.1, 0.15) is 15.9 Å². The molecule has 1 aromatic heterocycles. The zero-order valence-electron chi connectivity index (χ0n) is 9.64. The lowest BCUT2D eigenvalue weighted by atomic mass is 10.1. The molecular weight excluding hydrogens is 252 g/mol. The van der Waals surface area contributed by atoms with Gasteiger partial charge in [0.25, 0.3) is 5.91 Å². The third kappa shape index (κ3) is 2.60. The monoisotopic (exact) mass is 262 g/mol. The van der Waals surface area contributed by atoms with Gasteiger partial charge in [-0.05, 0) is 36.8 Å². The number of aromatic nitrogens is 1. The molecule has 5 heteroatoms. The molecule has 2 rings (SSSR count). The second-order valence-corrected chi connectivity index (χ2v) is 4.24. The van der Waals surface area contributed by atoms with E-state index in [-0.39, 0.29) is 11.3 Å². The van der Waals surface area contributed by atoms with Crippen molar-refractivity contribution >= 4 is 23.2 Å². The fourth-order valence-electron chi connectivity index (χ4n) is 1.47. The van der Waals surface area contributed by atoms with Crippen LogP contribution in [-0.4, -0.2) is 16.0 Å². The van der Waals surface area contributed by atoms with Crippen molar-refractivity contribution in [2.45, 2.75) is 6.92 Å². The first-order valence-electron chi connectivity index (χ1n) is 5.28. The number of halogens is 1. The van der Waals surface area contributed by atoms with E-state index in [1.54, 1.807) is 18.5 Å². The molecule has 1 heterocycles. The molecule has 0 spiro atoms. The van der Waals surface area contributed by atoms with Gasteiger partial charge < -0.3 is 10.4 Å². The maximum atomic E-state index is 12.0. The minimum atomic E-state index is -0.425. The molecule has 0 aliphatic heterocycles. The number of carbonyl (C=O) groups is 1. The van der Waals surface area contributed by atoms with E-state index in [0.717, 1.165) is 5.56 Å². The lowest BCUT2D eigenvalue weighted by Gasteiger charge is -2.08. The number of hydrogen-bond donors (Lipinski definition) is 2. The summed E-state index contributed by atoms with van der Waals surface area (Å²) in [7, 11) is 0. The smallest absolute Gasteiger partial charge is 0.259 e. The Hall–Kier alpha value is -2.07. The Morgan fingerprint density at radius 1 is 1.39 bits per heavy atom. The van der Waals surface area contributed by atoms with E-state index in [1.165, 1.54) is 18.2 Å². The second kappa shape index (κ2) is 5.06. The van der Waals surface area contributed by atoms with E-state index in [9.17, 15) is 9.90 Å². The lowest BCUT2D eigenvalue weighted by Crippen LogP contribution is -2.13. The van der Waals surface area contributed by atoms with Crippen LogP contribution in [0.5, 0.6) is 5.75 Å². The SMILES string of the molecule is Cc1ccncc1NC(=O)c1cc(Cl)ccc1O. The Morgan fingerprint density at radius 2 is 2.17 bits per heavy atom. The summed E-state index contributed by atoms with van der Waals surface area (Å²) in [6.45, 7) is 1.86. The van der Waals surface area contributed by atoms with Crippen LogP contribution in [0.15, 0.2) is 36.7 Å². The third-order valence-corrected chi connectivity index (χ3v) is 2.73. The van der Waals surface area contributed by atoms with E-state index in [4.69, 9.17) is 11.6 Å². The minimum absolute atomic E-state index is 0.113. The molecule has 0 radical (unpaired) electrons. The van der Waals surface area contributed by atoms with Crippen molar-refractivity contribution in [1.82, 2.24) is 4.98 Å². The molecule has 1 amide bonds. The first kappa shape index (κ1) is 12.4. The minimum Gasteiger partial charge on any atom is -0.507 e. The summed E-state index contributed by atoms with van der Waals surface area (Å²) >= 11 is 5.79. The second-order valence-electron chi connectivity index (χ2n) is 3.81. The highest BCUT2D eigenvalue weighted by Gasteiger charge is 2.12. The number of amides is 1. The van der Waals surface area contributed by atoms with Crippen LogP contribution >= 0.6 is 11.6 Å². The van der Waals surface area contributed by atoms with E-state index < -0.39 is 5.91 Å². The van der Waals surface area contributed by atoms with Crippen molar-refractivity contribution in [3.63, 3.8) is 0 Å². The van der Waals surface area contributed by atoms with Gasteiger partial charge in [0.05, 0.1) is 17.4 Å². The molecule has 4 nitrogen and oxygen atoms in total. The Morgan fingerprint density at radius 3 is 2.89 bits per heavy atom. The van der Waals surface area contributed by atoms with E-state index in [0.29, 0.717) is 10.7 Å². The van der Waals surface area contributed by atoms with Gasteiger partial charge in [-0.2, -0.15) is 0 Å². The van der Waals surface area contributed by atoms with Crippen molar-refractivity contribution < 1.29 is 9.90 Å². The fourth-order valence-corrected chi connectivity index (χ4v) is 1.65. The van der Waals surface area contributed by atoms with Gasteiger partial charge in [0.2, 0.25) is 0 Å². The van der Waals surface area contributed by atoms with Crippen molar-refractivity contribution in [2.24, 2.45) is 0 Å². The Bertz CT molecular complexity index is 599. The number of hydrogen-bond acceptors (Lipinski definition) is 3. The number of nitrogens with zero attached hydrogens (tertiary/aromatic N) is 1. The molecule has 0 aliphatic carbocycles. The number of rotatable bonds is 2. The number of phenols is 1. The molecule has 0 atom stereocenters. The summed E-state index contributed by atoms with van der Waals surface area (Å²) in [6, 6.07) is 6.10. The molecule has 0 bridgehead atoms. The first-order chi connectivity index (χ1) is 8.58. The number of pyridine rings is 1. The molecule has 1 aromatic carbocycles. The van der Waals surface area contributed by atoms with Crippen LogP contribution in [0.25, 0.3) is 0 Å². The standard InChI is InChI=1S/C13H11ClN2O2/c1-8-4-5-15-7-11(8)16-13(18)10-6-9(14)2-3-12(10)17/h2-7,17H,1H3,(H,16,18). The number of anilines is 1. The van der Waals surface area contributed by atoms with Gasteiger partial charge in [-0.25, -0.2) is 0 Å². The van der Waals surface area contributed by atoms with E-state index in [2.05, 4.69) is 10.3 Å². The number of carbonyl (C=O) groups excluding carboxylic acids is 1. The number of aromatic hydroxyl groups is 1. The normalized spacial score (nSPS) is 10.1. The number of benzene rings is 1. The van der Waals surface area contributed by atoms with Crippen LogP contribution in [-0.2, 0) is 0 Å². The molecule has 0 unspecified atom stereocenters. The van der Waals surface area contributed by atoms with Crippen molar-refractivity contribution in [2.75, 3.05) is 5.32 Å². The molecular formula is C13H11ClN2O2. The lowest BCUT2D eigenvalue weighted by molar-refractivity contribution is 0.102. The van der Waals surface area contributed by atoms with Gasteiger partial charge in [0, 0.05) is 11.2 Å². The maximum absolute atomic E-state index is 12.0. The van der Waals surface area contributed by atoms with E-state index >= 15 is 0 Å². The molecule has 2 aromatic rings. The topological polar surface area (TPSA) is 62.2 Å². The molecule has 0 fully saturated rings. The molecule has 0 aliphatic rings. The van der Waals surface area contributed by atoms with Gasteiger partial charge >= 0.3 is 0 Å². The third-order valence-electron chi connectivity index (χ3n) is 2.49. The zero-order valence-corrected chi connectivity index (χ0v) is 10.4. The molecule has 2 N–H and O–H groups in total. The summed E-state index contributed by atoms with van der Waals surface area (Å²) in [5.41, 5.74) is 1.62. The fraction of sp³-hybridized carbons (Fsp3) is 0.0769. The summed E-state index contributed by atoms with van der Waals surface area (Å²) in [5, 5.41) is 12.7. The predicted octanol–water partition coefficient (Wildman–Crippen LogP) is 3.00. The van der Waals surface area contributed by atoms with E-state index in [1.807, 2.05) is 6.92 Å². The van der Waals surface area contributed by atoms with Gasteiger partial charge in [-0.3, -0.25) is 9.78 Å². The Balaban J connectivity index is 2.28. The van der Waals surface area contributed by atoms with Crippen LogP contribution in [0.2, 0.25) is 5.02 Å². The van der Waals surface area contributed by atoms with Gasteiger partial charge in [0.1, 0.15) is 5.75 Å². The van der Waals surface area contributed by atoms with Gasteiger partial charge in [0.15, 0.2) is 0 Å². The van der Waals surface area contributed by atoms with Crippen molar-refractivity contribution in [3.05, 3.63) is 52.8 Å². The first-order valence-corrected chi connectivity index (χ1v) is 5.66. The molecule has 0 saturated carbocycles. The average molecular weight is 263 g/mol. The van der Waals surface area contributed by atoms with Crippen LogP contribution in [0.4, 0.5) is 5.69 Å². The van der Waals surface area contributed by atoms with Crippen molar-refractivity contribution in [3.8, 4) is 5.75 Å². The highest BCUT2D eigenvalue weighted by Crippen LogP contribution is 2.23. The highest BCUT2D eigenvalue weighted by atomic mass is 35.5. The summed E-state index contributed by atoms with van der Waals surface area (Å²) < 4.78 is 0. The van der Waals surface area contributed by atoms with Crippen molar-refractivity contribution in [1.29, 1.82) is 0 Å². The molecule has 18 heavy (non-hydrogen) atoms. The van der Waals surface area contributed by atoms with Crippen LogP contribution in [0.3, 0.4) is 0 Å². The summed E-state index contributed by atoms with van der Waals surface area (Å²) in [5.74, 6) is -0.537. The average Bonchev–Trinajstić information content (AvgIpc) is 2.35. The molecule has 92 valence electrons. The highest BCUT2D eigenvalue weighted by molar-refractivity contribution is 6.31. The summed E-state index contributed by atoms with van der Waals surface area (Å²) in [4.78, 5) is 15.9. The quantitative estimate of drug-likeness (QED) is 0.875. The Labute approximate surface area is 109 Å². The van der Waals surface area contributed by atoms with Gasteiger partial charge in [-0.15, -0.1) is 0 Å². The number of phenolic OH excluding ortho intramolecular Hbond substituents is 1. The maximum Gasteiger partial charge on any atom is 0.259 e. The predicted molar refractivity (Wildman–Crippen MR) is 70.0 cm³/mol. The van der Waals surface area contributed by atoms with Crippen LogP contribution in [0, 0.1) is 6.92 Å². The number of nitrogens with one attached hydrogen (secondary N) is 1. The van der Waals surface area contributed by atoms with Crippen LogP contribution < -0.4 is 5.32 Å². The Kier molecular flexibility index (Phi) is 3.48. The zero-order chi connectivity index (χ0) is 13.1. The number of aryl methyl sites for hydroxylation is 1. The molecule has 0 saturated heterocycles.